The lowest BCUT2D eigenvalue weighted by Gasteiger charge is -2.14. The highest BCUT2D eigenvalue weighted by Gasteiger charge is 2.16. The van der Waals surface area contributed by atoms with Crippen LogP contribution in [0.3, 0.4) is 0 Å². The summed E-state index contributed by atoms with van der Waals surface area (Å²) in [5, 5.41) is 2.82. The topological polar surface area (TPSA) is 73.2 Å². The third-order valence-electron chi connectivity index (χ3n) is 3.42. The summed E-state index contributed by atoms with van der Waals surface area (Å²) >= 11 is 1.66. The Morgan fingerprint density at radius 3 is 2.83 bits per heavy atom. The van der Waals surface area contributed by atoms with Crippen LogP contribution in [0.25, 0.3) is 11.0 Å². The number of hydrogen-bond acceptors (Lipinski definition) is 5. The highest BCUT2D eigenvalue weighted by Crippen LogP contribution is 2.18. The van der Waals surface area contributed by atoms with E-state index < -0.39 is 0 Å². The molecule has 0 spiro atoms. The minimum absolute atomic E-state index is 0.146. The number of nitrogens with zero attached hydrogens (tertiary/aromatic N) is 2. The molecule has 0 bridgehead atoms. The number of carbonyl (C=O) groups is 2. The number of methoxy groups -OCH3 is 1. The maximum Gasteiger partial charge on any atom is 0.307 e. The molecule has 0 radical (unpaired) electrons. The van der Waals surface area contributed by atoms with Gasteiger partial charge in [0.2, 0.25) is 5.91 Å². The van der Waals surface area contributed by atoms with E-state index in [4.69, 9.17) is 0 Å². The van der Waals surface area contributed by atoms with Crippen LogP contribution < -0.4 is 5.32 Å². The molecule has 0 aliphatic heterocycles. The number of thioether (sulfide) groups is 1. The van der Waals surface area contributed by atoms with Gasteiger partial charge in [-0.15, -0.1) is 0 Å². The lowest BCUT2D eigenvalue weighted by Crippen LogP contribution is -2.36. The second-order valence-corrected chi connectivity index (χ2v) is 6.15. The van der Waals surface area contributed by atoms with Crippen molar-refractivity contribution in [1.29, 1.82) is 0 Å². The maximum atomic E-state index is 12.3. The second kappa shape index (κ2) is 8.01. The molecule has 1 aromatic heterocycles. The number of aromatic nitrogens is 2. The monoisotopic (exact) mass is 335 g/mol. The van der Waals surface area contributed by atoms with Gasteiger partial charge in [-0.25, -0.2) is 4.98 Å². The zero-order valence-corrected chi connectivity index (χ0v) is 14.4. The van der Waals surface area contributed by atoms with E-state index in [1.54, 1.807) is 18.7 Å². The smallest absolute Gasteiger partial charge is 0.307 e. The third kappa shape index (κ3) is 4.48. The molecule has 0 fully saturated rings. The second-order valence-electron chi connectivity index (χ2n) is 5.28. The molecule has 1 N–H and O–H groups in total. The predicted molar refractivity (Wildman–Crippen MR) is 91.2 cm³/mol. The summed E-state index contributed by atoms with van der Waals surface area (Å²) in [7, 11) is 1.34. The maximum absolute atomic E-state index is 12.3. The summed E-state index contributed by atoms with van der Waals surface area (Å²) in [6.45, 7) is 1.96. The van der Waals surface area contributed by atoms with Gasteiger partial charge >= 0.3 is 5.97 Å². The summed E-state index contributed by atoms with van der Waals surface area (Å²) in [5.74, 6) is 1.12. The first kappa shape index (κ1) is 17.3. The zero-order valence-electron chi connectivity index (χ0n) is 13.5. The molecule has 0 aliphatic rings. The van der Waals surface area contributed by atoms with Crippen LogP contribution in [0.1, 0.15) is 19.2 Å². The Morgan fingerprint density at radius 2 is 2.13 bits per heavy atom. The van der Waals surface area contributed by atoms with E-state index in [2.05, 4.69) is 15.0 Å². The Hall–Kier alpha value is -2.02. The molecule has 23 heavy (non-hydrogen) atoms. The third-order valence-corrected chi connectivity index (χ3v) is 3.96. The zero-order chi connectivity index (χ0) is 16.8. The van der Waals surface area contributed by atoms with Gasteiger partial charge in [-0.05, 0) is 25.3 Å². The standard InChI is InChI=1S/C16H21N3O3S/c1-11(8-16(21)22-2)17-15(20)9-19-13-7-5-4-6-12(13)18-14(19)10-23-3/h4-7,11H,8-10H2,1-3H3,(H,17,20). The van der Waals surface area contributed by atoms with E-state index in [9.17, 15) is 9.59 Å². The van der Waals surface area contributed by atoms with E-state index in [0.717, 1.165) is 22.6 Å². The van der Waals surface area contributed by atoms with E-state index in [0.29, 0.717) is 0 Å². The first-order valence-corrected chi connectivity index (χ1v) is 8.73. The Balaban J connectivity index is 2.12. The van der Waals surface area contributed by atoms with Crippen LogP contribution in [0, 0.1) is 0 Å². The fourth-order valence-electron chi connectivity index (χ4n) is 2.39. The van der Waals surface area contributed by atoms with E-state index >= 15 is 0 Å². The number of nitrogens with one attached hydrogen (secondary N) is 1. The molecular weight excluding hydrogens is 314 g/mol. The van der Waals surface area contributed by atoms with Crippen molar-refractivity contribution < 1.29 is 14.3 Å². The van der Waals surface area contributed by atoms with Gasteiger partial charge in [0.1, 0.15) is 12.4 Å². The quantitative estimate of drug-likeness (QED) is 0.783. The molecule has 7 heteroatoms. The van der Waals surface area contributed by atoms with Crippen molar-refractivity contribution in [3.05, 3.63) is 30.1 Å². The van der Waals surface area contributed by atoms with Gasteiger partial charge in [0.05, 0.1) is 30.3 Å². The lowest BCUT2D eigenvalue weighted by atomic mass is 10.2. The van der Waals surface area contributed by atoms with E-state index in [1.807, 2.05) is 35.1 Å². The number of para-hydroxylation sites is 2. The van der Waals surface area contributed by atoms with Crippen LogP contribution in [0.5, 0.6) is 0 Å². The molecule has 1 atom stereocenters. The molecule has 1 amide bonds. The van der Waals surface area contributed by atoms with E-state index in [1.165, 1.54) is 7.11 Å². The van der Waals surface area contributed by atoms with Crippen molar-refractivity contribution in [3.8, 4) is 0 Å². The Bertz CT molecular complexity index is 699. The fraction of sp³-hybridized carbons (Fsp3) is 0.438. The van der Waals surface area contributed by atoms with Crippen LogP contribution in [-0.4, -0.2) is 40.8 Å². The van der Waals surface area contributed by atoms with Gasteiger partial charge in [0, 0.05) is 6.04 Å². The van der Waals surface area contributed by atoms with Gasteiger partial charge in [-0.3, -0.25) is 9.59 Å². The van der Waals surface area contributed by atoms with Gasteiger partial charge in [0.15, 0.2) is 0 Å². The van der Waals surface area contributed by atoms with Gasteiger partial charge in [-0.1, -0.05) is 12.1 Å². The molecule has 6 nitrogen and oxygen atoms in total. The summed E-state index contributed by atoms with van der Waals surface area (Å²) in [6, 6.07) is 7.49. The summed E-state index contributed by atoms with van der Waals surface area (Å²) in [6.07, 6.45) is 2.16. The highest BCUT2D eigenvalue weighted by molar-refractivity contribution is 7.97. The lowest BCUT2D eigenvalue weighted by molar-refractivity contribution is -0.141. The van der Waals surface area contributed by atoms with Crippen LogP contribution in [-0.2, 0) is 26.6 Å². The summed E-state index contributed by atoms with van der Waals surface area (Å²) in [5.41, 5.74) is 1.82. The van der Waals surface area contributed by atoms with Crippen molar-refractivity contribution in [2.45, 2.75) is 31.7 Å². The number of amides is 1. The molecule has 1 unspecified atom stereocenters. The highest BCUT2D eigenvalue weighted by atomic mass is 32.2. The number of imidazole rings is 1. The molecule has 1 heterocycles. The Kier molecular flexibility index (Phi) is 6.04. The van der Waals surface area contributed by atoms with Crippen LogP contribution in [0.4, 0.5) is 0 Å². The first-order valence-electron chi connectivity index (χ1n) is 7.34. The number of rotatable bonds is 7. The van der Waals surface area contributed by atoms with Crippen molar-refractivity contribution >= 4 is 34.7 Å². The number of ether oxygens (including phenoxy) is 1. The normalized spacial score (nSPS) is 12.1. The average molecular weight is 335 g/mol. The predicted octanol–water partition coefficient (Wildman–Crippen LogP) is 1.97. The van der Waals surface area contributed by atoms with Gasteiger partial charge in [-0.2, -0.15) is 11.8 Å². The largest absolute Gasteiger partial charge is 0.469 e. The SMILES string of the molecule is COC(=O)CC(C)NC(=O)Cn1c(CSC)nc2ccccc21. The van der Waals surface area contributed by atoms with E-state index in [-0.39, 0.29) is 30.9 Å². The van der Waals surface area contributed by atoms with Crippen LogP contribution in [0.2, 0.25) is 0 Å². The molecule has 2 rings (SSSR count). The minimum Gasteiger partial charge on any atom is -0.469 e. The van der Waals surface area contributed by atoms with Crippen LogP contribution in [0.15, 0.2) is 24.3 Å². The molecule has 2 aromatic rings. The van der Waals surface area contributed by atoms with Gasteiger partial charge < -0.3 is 14.6 Å². The molecule has 1 aromatic carbocycles. The minimum atomic E-state index is -0.339. The number of esters is 1. The summed E-state index contributed by atoms with van der Waals surface area (Å²) in [4.78, 5) is 28.1. The number of carbonyl (C=O) groups excluding carboxylic acids is 2. The molecule has 0 saturated heterocycles. The summed E-state index contributed by atoms with van der Waals surface area (Å²) < 4.78 is 6.53. The average Bonchev–Trinajstić information content (AvgIpc) is 2.85. The van der Waals surface area contributed by atoms with Crippen molar-refractivity contribution in [1.82, 2.24) is 14.9 Å². The van der Waals surface area contributed by atoms with Crippen LogP contribution >= 0.6 is 11.8 Å². The van der Waals surface area contributed by atoms with Gasteiger partial charge in [0.25, 0.3) is 0 Å². The molecule has 0 saturated carbocycles. The number of hydrogen-bond donors (Lipinski definition) is 1. The van der Waals surface area contributed by atoms with Crippen molar-refractivity contribution in [3.63, 3.8) is 0 Å². The number of benzene rings is 1. The Labute approximate surface area is 139 Å². The molecule has 124 valence electrons. The number of fused-ring (bicyclic) bond motifs is 1. The fourth-order valence-corrected chi connectivity index (χ4v) is 2.87. The first-order chi connectivity index (χ1) is 11.0. The molecule has 0 aliphatic carbocycles. The van der Waals surface area contributed by atoms with Crippen molar-refractivity contribution in [2.24, 2.45) is 0 Å². The Morgan fingerprint density at radius 1 is 1.39 bits per heavy atom. The van der Waals surface area contributed by atoms with Crippen molar-refractivity contribution in [2.75, 3.05) is 13.4 Å². The molecular formula is C16H21N3O3S.